The van der Waals surface area contributed by atoms with Crippen molar-refractivity contribution in [3.8, 4) is 0 Å². The van der Waals surface area contributed by atoms with E-state index in [0.29, 0.717) is 6.04 Å². The number of ether oxygens (including phenoxy) is 1. The smallest absolute Gasteiger partial charge is 0.241 e. The van der Waals surface area contributed by atoms with Crippen LogP contribution in [0.2, 0.25) is 0 Å². The standard InChI is InChI=1S/C21H28N4O3/c1-22-20(26)14-24-10-6-15-4-5-16(13-19(15)24)23-21(27)18-3-2-9-25(18)17-7-11-28-12-8-17/h4-6,10,13,17-18H,2-3,7-9,11-12,14H2,1H3,(H,22,26)(H,23,27). The Labute approximate surface area is 165 Å². The molecular weight excluding hydrogens is 356 g/mol. The molecule has 1 unspecified atom stereocenters. The van der Waals surface area contributed by atoms with Crippen molar-refractivity contribution < 1.29 is 14.3 Å². The van der Waals surface area contributed by atoms with Crippen LogP contribution in [0, 0.1) is 0 Å². The van der Waals surface area contributed by atoms with E-state index in [9.17, 15) is 9.59 Å². The van der Waals surface area contributed by atoms with Gasteiger partial charge in [-0.25, -0.2) is 0 Å². The zero-order valence-electron chi connectivity index (χ0n) is 16.3. The van der Waals surface area contributed by atoms with Gasteiger partial charge in [-0.1, -0.05) is 6.07 Å². The van der Waals surface area contributed by atoms with Crippen molar-refractivity contribution in [3.05, 3.63) is 30.5 Å². The maximum Gasteiger partial charge on any atom is 0.241 e. The summed E-state index contributed by atoms with van der Waals surface area (Å²) in [7, 11) is 1.63. The summed E-state index contributed by atoms with van der Waals surface area (Å²) < 4.78 is 7.37. The van der Waals surface area contributed by atoms with Gasteiger partial charge < -0.3 is 19.9 Å². The molecule has 2 amide bonds. The van der Waals surface area contributed by atoms with E-state index in [1.807, 2.05) is 35.0 Å². The Morgan fingerprint density at radius 2 is 2.00 bits per heavy atom. The molecule has 7 heteroatoms. The van der Waals surface area contributed by atoms with Gasteiger partial charge in [0.15, 0.2) is 0 Å². The first-order valence-electron chi connectivity index (χ1n) is 10.1. The number of benzene rings is 1. The maximum absolute atomic E-state index is 13.0. The van der Waals surface area contributed by atoms with Crippen molar-refractivity contribution in [3.63, 3.8) is 0 Å². The largest absolute Gasteiger partial charge is 0.381 e. The van der Waals surface area contributed by atoms with Crippen molar-refractivity contribution >= 4 is 28.4 Å². The van der Waals surface area contributed by atoms with E-state index in [1.165, 1.54) is 0 Å². The second-order valence-corrected chi connectivity index (χ2v) is 7.62. The van der Waals surface area contributed by atoms with E-state index in [4.69, 9.17) is 4.74 Å². The fourth-order valence-corrected chi connectivity index (χ4v) is 4.38. The third-order valence-corrected chi connectivity index (χ3v) is 5.89. The molecule has 2 aromatic rings. The molecule has 2 N–H and O–H groups in total. The summed E-state index contributed by atoms with van der Waals surface area (Å²) in [6.07, 6.45) is 5.86. The van der Waals surface area contributed by atoms with Gasteiger partial charge in [0.1, 0.15) is 6.54 Å². The first-order valence-corrected chi connectivity index (χ1v) is 10.1. The molecule has 0 bridgehead atoms. The number of aromatic nitrogens is 1. The highest BCUT2D eigenvalue weighted by atomic mass is 16.5. The Kier molecular flexibility index (Phi) is 5.64. The van der Waals surface area contributed by atoms with Crippen LogP contribution >= 0.6 is 0 Å². The molecule has 1 aromatic heterocycles. The monoisotopic (exact) mass is 384 g/mol. The number of carbonyl (C=O) groups excluding carboxylic acids is 2. The summed E-state index contributed by atoms with van der Waals surface area (Å²) in [5, 5.41) is 6.80. The summed E-state index contributed by atoms with van der Waals surface area (Å²) in [6, 6.07) is 8.21. The number of hydrogen-bond acceptors (Lipinski definition) is 4. The molecule has 4 rings (SSSR count). The van der Waals surface area contributed by atoms with Crippen LogP contribution < -0.4 is 10.6 Å². The maximum atomic E-state index is 13.0. The summed E-state index contributed by atoms with van der Waals surface area (Å²) in [4.78, 5) is 27.1. The number of amides is 2. The number of carbonyl (C=O) groups is 2. The third-order valence-electron chi connectivity index (χ3n) is 5.89. The first kappa shape index (κ1) is 19.0. The van der Waals surface area contributed by atoms with Crippen molar-refractivity contribution in [2.45, 2.75) is 44.3 Å². The highest BCUT2D eigenvalue weighted by Gasteiger charge is 2.35. The molecule has 0 aliphatic carbocycles. The molecule has 0 radical (unpaired) electrons. The highest BCUT2D eigenvalue weighted by Crippen LogP contribution is 2.27. The van der Waals surface area contributed by atoms with Gasteiger partial charge in [-0.05, 0) is 55.8 Å². The topological polar surface area (TPSA) is 75.6 Å². The van der Waals surface area contributed by atoms with Crippen LogP contribution in [0.1, 0.15) is 25.7 Å². The van der Waals surface area contributed by atoms with Crippen LogP contribution in [0.25, 0.3) is 10.9 Å². The lowest BCUT2D eigenvalue weighted by Crippen LogP contribution is -2.47. The van der Waals surface area contributed by atoms with Gasteiger partial charge >= 0.3 is 0 Å². The van der Waals surface area contributed by atoms with Gasteiger partial charge in [0, 0.05) is 38.2 Å². The fraction of sp³-hybridized carbons (Fsp3) is 0.524. The summed E-state index contributed by atoms with van der Waals surface area (Å²) in [5.41, 5.74) is 1.71. The SMILES string of the molecule is CNC(=O)Cn1ccc2ccc(NC(=O)C3CCCN3C3CCOCC3)cc21. The molecule has 7 nitrogen and oxygen atoms in total. The number of fused-ring (bicyclic) bond motifs is 1. The Bertz CT molecular complexity index is 856. The predicted octanol–water partition coefficient (Wildman–Crippen LogP) is 1.97. The molecule has 3 heterocycles. The van der Waals surface area contributed by atoms with Gasteiger partial charge in [0.25, 0.3) is 0 Å². The van der Waals surface area contributed by atoms with Crippen LogP contribution in [0.5, 0.6) is 0 Å². The van der Waals surface area contributed by atoms with E-state index < -0.39 is 0 Å². The number of likely N-dealkylation sites (tertiary alicyclic amines) is 1. The van der Waals surface area contributed by atoms with E-state index in [2.05, 4.69) is 15.5 Å². The Hall–Kier alpha value is -2.38. The molecule has 150 valence electrons. The van der Waals surface area contributed by atoms with E-state index in [0.717, 1.165) is 62.0 Å². The molecule has 1 atom stereocenters. The van der Waals surface area contributed by atoms with Crippen molar-refractivity contribution in [1.29, 1.82) is 0 Å². The zero-order valence-corrected chi connectivity index (χ0v) is 16.3. The number of rotatable bonds is 5. The fourth-order valence-electron chi connectivity index (χ4n) is 4.38. The first-order chi connectivity index (χ1) is 13.7. The van der Waals surface area contributed by atoms with Crippen molar-refractivity contribution in [2.75, 3.05) is 32.1 Å². The van der Waals surface area contributed by atoms with Crippen LogP contribution in [0.4, 0.5) is 5.69 Å². The Morgan fingerprint density at radius 3 is 2.79 bits per heavy atom. The van der Waals surface area contributed by atoms with E-state index >= 15 is 0 Å². The second kappa shape index (κ2) is 8.32. The Balaban J connectivity index is 1.48. The molecule has 0 spiro atoms. The lowest BCUT2D eigenvalue weighted by atomic mass is 10.1. The van der Waals surface area contributed by atoms with Crippen LogP contribution in [0.3, 0.4) is 0 Å². The van der Waals surface area contributed by atoms with Gasteiger partial charge in [-0.2, -0.15) is 0 Å². The lowest BCUT2D eigenvalue weighted by Gasteiger charge is -2.34. The average molecular weight is 384 g/mol. The molecule has 2 aliphatic rings. The summed E-state index contributed by atoms with van der Waals surface area (Å²) in [5.74, 6) is 0.0118. The number of anilines is 1. The van der Waals surface area contributed by atoms with Crippen molar-refractivity contribution in [1.82, 2.24) is 14.8 Å². The minimum atomic E-state index is -0.0727. The number of nitrogens with zero attached hydrogens (tertiary/aromatic N) is 2. The minimum absolute atomic E-state index is 0.0509. The Morgan fingerprint density at radius 1 is 1.18 bits per heavy atom. The normalized spacial score (nSPS) is 21.1. The van der Waals surface area contributed by atoms with Crippen LogP contribution in [-0.4, -0.2) is 60.2 Å². The second-order valence-electron chi connectivity index (χ2n) is 7.62. The third kappa shape index (κ3) is 3.91. The number of likely N-dealkylation sites (N-methyl/N-ethyl adjacent to an activating group) is 1. The highest BCUT2D eigenvalue weighted by molar-refractivity contribution is 5.97. The number of nitrogens with one attached hydrogen (secondary N) is 2. The average Bonchev–Trinajstić information content (AvgIpc) is 3.36. The van der Waals surface area contributed by atoms with Gasteiger partial charge in [-0.3, -0.25) is 14.5 Å². The van der Waals surface area contributed by atoms with E-state index in [1.54, 1.807) is 7.05 Å². The molecule has 28 heavy (non-hydrogen) atoms. The molecule has 2 saturated heterocycles. The number of hydrogen-bond donors (Lipinski definition) is 2. The van der Waals surface area contributed by atoms with Gasteiger partial charge in [0.2, 0.25) is 11.8 Å². The molecular formula is C21H28N4O3. The molecule has 2 fully saturated rings. The zero-order chi connectivity index (χ0) is 19.5. The molecule has 0 saturated carbocycles. The van der Waals surface area contributed by atoms with Crippen molar-refractivity contribution in [2.24, 2.45) is 0 Å². The van der Waals surface area contributed by atoms with E-state index in [-0.39, 0.29) is 24.4 Å². The predicted molar refractivity (Wildman–Crippen MR) is 108 cm³/mol. The molecule has 2 aliphatic heterocycles. The van der Waals surface area contributed by atoms with Crippen LogP contribution in [-0.2, 0) is 20.9 Å². The van der Waals surface area contributed by atoms with Gasteiger partial charge in [0.05, 0.1) is 11.6 Å². The molecule has 1 aromatic carbocycles. The quantitative estimate of drug-likeness (QED) is 0.827. The van der Waals surface area contributed by atoms with Crippen LogP contribution in [0.15, 0.2) is 30.5 Å². The minimum Gasteiger partial charge on any atom is -0.381 e. The summed E-state index contributed by atoms with van der Waals surface area (Å²) in [6.45, 7) is 2.82. The van der Waals surface area contributed by atoms with Gasteiger partial charge in [-0.15, -0.1) is 0 Å². The summed E-state index contributed by atoms with van der Waals surface area (Å²) >= 11 is 0. The lowest BCUT2D eigenvalue weighted by molar-refractivity contribution is -0.122.